The summed E-state index contributed by atoms with van der Waals surface area (Å²) >= 11 is 0. The molecule has 0 radical (unpaired) electrons. The number of hydrogen-bond acceptors (Lipinski definition) is 2. The van der Waals surface area contributed by atoms with Crippen molar-refractivity contribution in [2.75, 3.05) is 0 Å². The molecule has 0 aliphatic carbocycles. The van der Waals surface area contributed by atoms with Crippen LogP contribution in [0.1, 0.15) is 37.8 Å². The molecule has 82 valence electrons. The zero-order valence-corrected chi connectivity index (χ0v) is 9.64. The SMILES string of the molecule is CC(C)Cc1ccc(C(C)/C=N/O)cc1. The summed E-state index contributed by atoms with van der Waals surface area (Å²) in [5.41, 5.74) is 2.54. The Bertz CT molecular complexity index is 314. The Kier molecular flexibility index (Phi) is 4.35. The van der Waals surface area contributed by atoms with Gasteiger partial charge in [0.25, 0.3) is 0 Å². The summed E-state index contributed by atoms with van der Waals surface area (Å²) < 4.78 is 0. The van der Waals surface area contributed by atoms with Crippen LogP contribution >= 0.6 is 0 Å². The van der Waals surface area contributed by atoms with E-state index in [0.717, 1.165) is 6.42 Å². The zero-order valence-electron chi connectivity index (χ0n) is 9.64. The molecule has 0 amide bonds. The Morgan fingerprint density at radius 2 is 1.80 bits per heavy atom. The summed E-state index contributed by atoms with van der Waals surface area (Å²) in [5.74, 6) is 0.857. The molecule has 0 fully saturated rings. The molecule has 0 spiro atoms. The summed E-state index contributed by atoms with van der Waals surface area (Å²) in [5, 5.41) is 11.5. The molecule has 1 aromatic rings. The number of benzene rings is 1. The van der Waals surface area contributed by atoms with Crippen LogP contribution in [0.2, 0.25) is 0 Å². The van der Waals surface area contributed by atoms with Crippen molar-refractivity contribution in [3.05, 3.63) is 35.4 Å². The van der Waals surface area contributed by atoms with Gasteiger partial charge in [-0.25, -0.2) is 0 Å². The molecule has 0 saturated heterocycles. The van der Waals surface area contributed by atoms with E-state index in [0.29, 0.717) is 5.92 Å². The first-order chi connectivity index (χ1) is 7.13. The summed E-state index contributed by atoms with van der Waals surface area (Å²) in [6.45, 7) is 6.45. The Morgan fingerprint density at radius 3 is 2.27 bits per heavy atom. The van der Waals surface area contributed by atoms with Gasteiger partial charge in [0.2, 0.25) is 0 Å². The third kappa shape index (κ3) is 3.74. The highest BCUT2D eigenvalue weighted by molar-refractivity contribution is 5.66. The van der Waals surface area contributed by atoms with E-state index < -0.39 is 0 Å². The standard InChI is InChI=1S/C13H19NO/c1-10(2)8-12-4-6-13(7-5-12)11(3)9-14-15/h4-7,9-11,15H,8H2,1-3H3/b14-9+. The van der Waals surface area contributed by atoms with Crippen molar-refractivity contribution in [3.63, 3.8) is 0 Å². The minimum Gasteiger partial charge on any atom is -0.411 e. The first kappa shape index (κ1) is 11.8. The van der Waals surface area contributed by atoms with Crippen molar-refractivity contribution < 1.29 is 5.21 Å². The molecule has 15 heavy (non-hydrogen) atoms. The van der Waals surface area contributed by atoms with Gasteiger partial charge in [0, 0.05) is 5.92 Å². The maximum atomic E-state index is 8.44. The Balaban J connectivity index is 2.71. The average Bonchev–Trinajstić information content (AvgIpc) is 2.18. The molecule has 0 aliphatic heterocycles. The summed E-state index contributed by atoms with van der Waals surface area (Å²) in [6.07, 6.45) is 2.65. The van der Waals surface area contributed by atoms with Crippen molar-refractivity contribution in [2.45, 2.75) is 33.1 Å². The third-order valence-electron chi connectivity index (χ3n) is 2.44. The number of nitrogens with zero attached hydrogens (tertiary/aromatic N) is 1. The average molecular weight is 205 g/mol. The molecule has 1 N–H and O–H groups in total. The topological polar surface area (TPSA) is 32.6 Å². The van der Waals surface area contributed by atoms with Gasteiger partial charge in [-0.05, 0) is 23.5 Å². The maximum Gasteiger partial charge on any atom is 0.0507 e. The minimum absolute atomic E-state index is 0.170. The maximum absolute atomic E-state index is 8.44. The van der Waals surface area contributed by atoms with Crippen LogP contribution in [0, 0.1) is 5.92 Å². The van der Waals surface area contributed by atoms with E-state index in [-0.39, 0.29) is 5.92 Å². The molecule has 0 saturated carbocycles. The molecule has 1 unspecified atom stereocenters. The fourth-order valence-electron chi connectivity index (χ4n) is 1.61. The Morgan fingerprint density at radius 1 is 1.20 bits per heavy atom. The van der Waals surface area contributed by atoms with Crippen LogP contribution < -0.4 is 0 Å². The molecule has 0 aromatic heterocycles. The molecule has 0 heterocycles. The van der Waals surface area contributed by atoms with Crippen LogP contribution in [0.5, 0.6) is 0 Å². The molecule has 0 bridgehead atoms. The van der Waals surface area contributed by atoms with E-state index in [1.54, 1.807) is 0 Å². The van der Waals surface area contributed by atoms with Gasteiger partial charge in [0.1, 0.15) is 0 Å². The van der Waals surface area contributed by atoms with Gasteiger partial charge in [-0.15, -0.1) is 5.16 Å². The van der Waals surface area contributed by atoms with Crippen molar-refractivity contribution in [1.29, 1.82) is 0 Å². The fourth-order valence-corrected chi connectivity index (χ4v) is 1.61. The van der Waals surface area contributed by atoms with Crippen molar-refractivity contribution in [1.82, 2.24) is 0 Å². The predicted octanol–water partition coefficient (Wildman–Crippen LogP) is 3.45. The zero-order chi connectivity index (χ0) is 11.3. The smallest absolute Gasteiger partial charge is 0.0507 e. The highest BCUT2D eigenvalue weighted by Crippen LogP contribution is 2.15. The third-order valence-corrected chi connectivity index (χ3v) is 2.44. The van der Waals surface area contributed by atoms with Crippen LogP contribution in [-0.4, -0.2) is 11.4 Å². The van der Waals surface area contributed by atoms with Crippen molar-refractivity contribution in [2.24, 2.45) is 11.1 Å². The van der Waals surface area contributed by atoms with E-state index in [4.69, 9.17) is 5.21 Å². The summed E-state index contributed by atoms with van der Waals surface area (Å²) in [7, 11) is 0. The fraction of sp³-hybridized carbons (Fsp3) is 0.462. The molecule has 1 atom stereocenters. The van der Waals surface area contributed by atoms with E-state index in [1.165, 1.54) is 17.3 Å². The molecule has 2 heteroatoms. The quantitative estimate of drug-likeness (QED) is 0.456. The lowest BCUT2D eigenvalue weighted by molar-refractivity contribution is 0.320. The van der Waals surface area contributed by atoms with Crippen molar-refractivity contribution >= 4 is 6.21 Å². The Hall–Kier alpha value is -1.31. The van der Waals surface area contributed by atoms with Crippen LogP contribution in [0.15, 0.2) is 29.4 Å². The van der Waals surface area contributed by atoms with Gasteiger partial charge >= 0.3 is 0 Å². The lowest BCUT2D eigenvalue weighted by Gasteiger charge is -2.08. The predicted molar refractivity (Wildman–Crippen MR) is 63.7 cm³/mol. The minimum atomic E-state index is 0.170. The highest BCUT2D eigenvalue weighted by atomic mass is 16.4. The van der Waals surface area contributed by atoms with Gasteiger partial charge < -0.3 is 5.21 Å². The number of rotatable bonds is 4. The molecule has 1 aromatic carbocycles. The van der Waals surface area contributed by atoms with Gasteiger partial charge in [0.05, 0.1) is 6.21 Å². The van der Waals surface area contributed by atoms with Gasteiger partial charge in [0.15, 0.2) is 0 Å². The molecular formula is C13H19NO. The van der Waals surface area contributed by atoms with Crippen LogP contribution in [0.4, 0.5) is 0 Å². The largest absolute Gasteiger partial charge is 0.411 e. The first-order valence-corrected chi connectivity index (χ1v) is 5.40. The molecule has 1 rings (SSSR count). The second-order valence-corrected chi connectivity index (χ2v) is 4.39. The summed E-state index contributed by atoms with van der Waals surface area (Å²) in [4.78, 5) is 0. The van der Waals surface area contributed by atoms with E-state index >= 15 is 0 Å². The first-order valence-electron chi connectivity index (χ1n) is 5.40. The number of oxime groups is 1. The normalized spacial score (nSPS) is 13.6. The van der Waals surface area contributed by atoms with Gasteiger partial charge in [-0.3, -0.25) is 0 Å². The second-order valence-electron chi connectivity index (χ2n) is 4.39. The van der Waals surface area contributed by atoms with E-state index in [9.17, 15) is 0 Å². The Labute approximate surface area is 91.6 Å². The lowest BCUT2D eigenvalue weighted by atomic mass is 9.97. The van der Waals surface area contributed by atoms with Crippen LogP contribution in [0.25, 0.3) is 0 Å². The highest BCUT2D eigenvalue weighted by Gasteiger charge is 2.03. The van der Waals surface area contributed by atoms with Crippen LogP contribution in [-0.2, 0) is 6.42 Å². The van der Waals surface area contributed by atoms with Crippen molar-refractivity contribution in [3.8, 4) is 0 Å². The number of hydrogen-bond donors (Lipinski definition) is 1. The monoisotopic (exact) mass is 205 g/mol. The lowest BCUT2D eigenvalue weighted by Crippen LogP contribution is -1.97. The molecule has 2 nitrogen and oxygen atoms in total. The van der Waals surface area contributed by atoms with Crippen LogP contribution in [0.3, 0.4) is 0 Å². The molecular weight excluding hydrogens is 186 g/mol. The van der Waals surface area contributed by atoms with Gasteiger partial charge in [-0.1, -0.05) is 45.0 Å². The van der Waals surface area contributed by atoms with E-state index in [2.05, 4.69) is 43.3 Å². The summed E-state index contributed by atoms with van der Waals surface area (Å²) in [6, 6.07) is 8.50. The van der Waals surface area contributed by atoms with E-state index in [1.807, 2.05) is 6.92 Å². The van der Waals surface area contributed by atoms with Gasteiger partial charge in [-0.2, -0.15) is 0 Å². The molecule has 0 aliphatic rings. The second kappa shape index (κ2) is 5.54.